The minimum Gasteiger partial charge on any atom is -0.352 e. The SMILES string of the molecule is Cl.Cl.NCCCC(=O)NC1CCN(Cc2ccc(C(F)(F)F)cc2)C1. The molecule has 4 nitrogen and oxygen atoms in total. The van der Waals surface area contributed by atoms with Gasteiger partial charge in [0.25, 0.3) is 0 Å². The largest absolute Gasteiger partial charge is 0.416 e. The van der Waals surface area contributed by atoms with Gasteiger partial charge in [-0.3, -0.25) is 9.69 Å². The molecule has 0 bridgehead atoms. The van der Waals surface area contributed by atoms with Gasteiger partial charge in [0.2, 0.25) is 5.91 Å². The molecule has 1 aromatic rings. The number of carbonyl (C=O) groups excluding carboxylic acids is 1. The van der Waals surface area contributed by atoms with Crippen molar-refractivity contribution < 1.29 is 18.0 Å². The Bertz CT molecular complexity index is 526. The molecule has 1 aliphatic rings. The van der Waals surface area contributed by atoms with Crippen LogP contribution in [0.15, 0.2) is 24.3 Å². The van der Waals surface area contributed by atoms with Crippen LogP contribution in [0.2, 0.25) is 0 Å². The fraction of sp³-hybridized carbons (Fsp3) is 0.562. The van der Waals surface area contributed by atoms with Crippen LogP contribution in [0.25, 0.3) is 0 Å². The lowest BCUT2D eigenvalue weighted by Crippen LogP contribution is -2.37. The van der Waals surface area contributed by atoms with Crippen LogP contribution in [0, 0.1) is 0 Å². The van der Waals surface area contributed by atoms with Gasteiger partial charge in [0.05, 0.1) is 5.56 Å². The number of likely N-dealkylation sites (tertiary alicyclic amines) is 1. The summed E-state index contributed by atoms with van der Waals surface area (Å²) < 4.78 is 37.6. The van der Waals surface area contributed by atoms with Crippen molar-refractivity contribution >= 4 is 30.7 Å². The third kappa shape index (κ3) is 7.81. The first-order valence-electron chi connectivity index (χ1n) is 7.76. The number of alkyl halides is 3. The van der Waals surface area contributed by atoms with Gasteiger partial charge in [-0.15, -0.1) is 24.8 Å². The van der Waals surface area contributed by atoms with E-state index in [0.717, 1.165) is 37.2 Å². The highest BCUT2D eigenvalue weighted by atomic mass is 35.5. The molecular formula is C16H24Cl2F3N3O. The molecule has 3 N–H and O–H groups in total. The Hall–Kier alpha value is -1.02. The molecule has 1 atom stereocenters. The molecule has 1 aliphatic heterocycles. The highest BCUT2D eigenvalue weighted by Crippen LogP contribution is 2.29. The zero-order chi connectivity index (χ0) is 16.9. The summed E-state index contributed by atoms with van der Waals surface area (Å²) in [6, 6.07) is 5.34. The van der Waals surface area contributed by atoms with Crippen LogP contribution in [0.1, 0.15) is 30.4 Å². The quantitative estimate of drug-likeness (QED) is 0.770. The number of hydrogen-bond donors (Lipinski definition) is 2. The average molecular weight is 402 g/mol. The molecule has 1 amide bonds. The second-order valence-corrected chi connectivity index (χ2v) is 5.88. The second-order valence-electron chi connectivity index (χ2n) is 5.88. The van der Waals surface area contributed by atoms with Crippen LogP contribution in [-0.4, -0.2) is 36.5 Å². The molecule has 2 rings (SSSR count). The number of nitrogens with two attached hydrogens (primary N) is 1. The number of amides is 1. The number of carbonyl (C=O) groups is 1. The van der Waals surface area contributed by atoms with E-state index >= 15 is 0 Å². The summed E-state index contributed by atoms with van der Waals surface area (Å²) in [6.07, 6.45) is -2.33. The van der Waals surface area contributed by atoms with Gasteiger partial charge in [0, 0.05) is 32.1 Å². The van der Waals surface area contributed by atoms with Crippen molar-refractivity contribution in [2.24, 2.45) is 5.73 Å². The summed E-state index contributed by atoms with van der Waals surface area (Å²) in [7, 11) is 0. The molecule has 0 spiro atoms. The molecule has 0 radical (unpaired) electrons. The molecule has 0 saturated carbocycles. The minimum absolute atomic E-state index is 0. The summed E-state index contributed by atoms with van der Waals surface area (Å²) in [6.45, 7) is 2.63. The van der Waals surface area contributed by atoms with E-state index in [4.69, 9.17) is 5.73 Å². The van der Waals surface area contributed by atoms with Crippen molar-refractivity contribution in [2.45, 2.75) is 38.0 Å². The van der Waals surface area contributed by atoms with Crippen LogP contribution < -0.4 is 11.1 Å². The number of hydrogen-bond acceptors (Lipinski definition) is 3. The number of benzene rings is 1. The third-order valence-electron chi connectivity index (χ3n) is 3.93. The maximum atomic E-state index is 12.5. The Kier molecular flexibility index (Phi) is 10.4. The van der Waals surface area contributed by atoms with Crippen molar-refractivity contribution in [2.75, 3.05) is 19.6 Å². The molecule has 1 aromatic carbocycles. The maximum Gasteiger partial charge on any atom is 0.416 e. The molecular weight excluding hydrogens is 378 g/mol. The van der Waals surface area contributed by atoms with E-state index in [9.17, 15) is 18.0 Å². The molecule has 0 aliphatic carbocycles. The molecule has 25 heavy (non-hydrogen) atoms. The first-order valence-corrected chi connectivity index (χ1v) is 7.76. The summed E-state index contributed by atoms with van der Waals surface area (Å²) in [5.74, 6) is 0.0110. The fourth-order valence-electron chi connectivity index (χ4n) is 2.71. The van der Waals surface area contributed by atoms with E-state index < -0.39 is 11.7 Å². The van der Waals surface area contributed by atoms with Crippen molar-refractivity contribution in [3.63, 3.8) is 0 Å². The highest BCUT2D eigenvalue weighted by Gasteiger charge is 2.30. The lowest BCUT2D eigenvalue weighted by atomic mass is 10.1. The van der Waals surface area contributed by atoms with Crippen molar-refractivity contribution in [1.29, 1.82) is 0 Å². The molecule has 1 unspecified atom stereocenters. The Morgan fingerprint density at radius 3 is 2.44 bits per heavy atom. The second kappa shape index (κ2) is 10.9. The average Bonchev–Trinajstić information content (AvgIpc) is 2.91. The Morgan fingerprint density at radius 2 is 1.88 bits per heavy atom. The highest BCUT2D eigenvalue weighted by molar-refractivity contribution is 5.85. The van der Waals surface area contributed by atoms with E-state index in [0.29, 0.717) is 25.9 Å². The van der Waals surface area contributed by atoms with E-state index in [-0.39, 0.29) is 36.8 Å². The number of nitrogens with one attached hydrogen (secondary N) is 1. The van der Waals surface area contributed by atoms with E-state index in [2.05, 4.69) is 10.2 Å². The molecule has 1 saturated heterocycles. The van der Waals surface area contributed by atoms with Crippen LogP contribution >= 0.6 is 24.8 Å². The maximum absolute atomic E-state index is 12.5. The predicted octanol–water partition coefficient (Wildman–Crippen LogP) is 2.98. The summed E-state index contributed by atoms with van der Waals surface area (Å²) in [5.41, 5.74) is 5.58. The number of rotatable bonds is 6. The molecule has 0 aromatic heterocycles. The zero-order valence-electron chi connectivity index (χ0n) is 13.7. The van der Waals surface area contributed by atoms with Crippen LogP contribution in [0.4, 0.5) is 13.2 Å². The lowest BCUT2D eigenvalue weighted by molar-refractivity contribution is -0.137. The molecule has 144 valence electrons. The zero-order valence-corrected chi connectivity index (χ0v) is 15.4. The lowest BCUT2D eigenvalue weighted by Gasteiger charge is -2.17. The van der Waals surface area contributed by atoms with Gasteiger partial charge in [-0.2, -0.15) is 13.2 Å². The fourth-order valence-corrected chi connectivity index (χ4v) is 2.71. The summed E-state index contributed by atoms with van der Waals surface area (Å²) >= 11 is 0. The monoisotopic (exact) mass is 401 g/mol. The summed E-state index contributed by atoms with van der Waals surface area (Å²) in [4.78, 5) is 13.8. The first-order chi connectivity index (χ1) is 10.9. The van der Waals surface area contributed by atoms with Gasteiger partial charge in [-0.05, 0) is 37.1 Å². The van der Waals surface area contributed by atoms with Gasteiger partial charge in [0.1, 0.15) is 0 Å². The van der Waals surface area contributed by atoms with Gasteiger partial charge < -0.3 is 11.1 Å². The topological polar surface area (TPSA) is 58.4 Å². The van der Waals surface area contributed by atoms with Crippen molar-refractivity contribution in [3.05, 3.63) is 35.4 Å². The predicted molar refractivity (Wildman–Crippen MR) is 96.1 cm³/mol. The number of halogens is 5. The molecule has 1 heterocycles. The van der Waals surface area contributed by atoms with Crippen LogP contribution in [0.5, 0.6) is 0 Å². The van der Waals surface area contributed by atoms with E-state index in [1.807, 2.05) is 0 Å². The van der Waals surface area contributed by atoms with Crippen molar-refractivity contribution in [3.8, 4) is 0 Å². The van der Waals surface area contributed by atoms with Crippen LogP contribution in [0.3, 0.4) is 0 Å². The standard InChI is InChI=1S/C16H22F3N3O.2ClH/c17-16(18,19)13-5-3-12(4-6-13)10-22-9-7-14(11-22)21-15(23)2-1-8-20;;/h3-6,14H,1-2,7-11,20H2,(H,21,23);2*1H. The van der Waals surface area contributed by atoms with Crippen LogP contribution in [-0.2, 0) is 17.5 Å². The van der Waals surface area contributed by atoms with Gasteiger partial charge in [-0.1, -0.05) is 12.1 Å². The Morgan fingerprint density at radius 1 is 1.24 bits per heavy atom. The summed E-state index contributed by atoms with van der Waals surface area (Å²) in [5, 5.41) is 2.97. The first kappa shape index (κ1) is 24.0. The normalized spacial score (nSPS) is 17.5. The van der Waals surface area contributed by atoms with Gasteiger partial charge in [0.15, 0.2) is 0 Å². The minimum atomic E-state index is -4.30. The third-order valence-corrected chi connectivity index (χ3v) is 3.93. The van der Waals surface area contributed by atoms with Gasteiger partial charge >= 0.3 is 6.18 Å². The smallest absolute Gasteiger partial charge is 0.352 e. The molecule has 1 fully saturated rings. The Balaban J connectivity index is 0.00000288. The molecule has 9 heteroatoms. The van der Waals surface area contributed by atoms with Crippen molar-refractivity contribution in [1.82, 2.24) is 10.2 Å². The Labute approximate surface area is 158 Å². The number of nitrogens with zero attached hydrogens (tertiary/aromatic N) is 1. The van der Waals surface area contributed by atoms with Gasteiger partial charge in [-0.25, -0.2) is 0 Å². The van der Waals surface area contributed by atoms with E-state index in [1.165, 1.54) is 12.1 Å². The van der Waals surface area contributed by atoms with E-state index in [1.54, 1.807) is 0 Å².